The lowest BCUT2D eigenvalue weighted by molar-refractivity contribution is 0.579. The predicted molar refractivity (Wildman–Crippen MR) is 57.4 cm³/mol. The van der Waals surface area contributed by atoms with Crippen molar-refractivity contribution in [2.24, 2.45) is 0 Å². The highest BCUT2D eigenvalue weighted by Gasteiger charge is 2.23. The van der Waals surface area contributed by atoms with Crippen LogP contribution in [0.25, 0.3) is 0 Å². The molecule has 3 heteroatoms. The van der Waals surface area contributed by atoms with Gasteiger partial charge in [-0.25, -0.2) is 4.39 Å². The first-order chi connectivity index (χ1) is 6.74. The Morgan fingerprint density at radius 3 is 3.07 bits per heavy atom. The quantitative estimate of drug-likeness (QED) is 0.738. The van der Waals surface area contributed by atoms with Crippen molar-refractivity contribution in [2.75, 3.05) is 23.8 Å². The fraction of sp³-hybridized carbons (Fsp3) is 0.455. The molecular formula is C11H15FN2. The van der Waals surface area contributed by atoms with Crippen LogP contribution >= 0.6 is 0 Å². The van der Waals surface area contributed by atoms with Crippen LogP contribution in [0.5, 0.6) is 0 Å². The van der Waals surface area contributed by atoms with E-state index in [0.29, 0.717) is 11.7 Å². The second-order valence-electron chi connectivity index (χ2n) is 3.69. The molecule has 1 aromatic rings. The summed E-state index contributed by atoms with van der Waals surface area (Å²) >= 11 is 0. The Morgan fingerprint density at radius 2 is 2.36 bits per heavy atom. The van der Waals surface area contributed by atoms with Gasteiger partial charge in [0.25, 0.3) is 0 Å². The van der Waals surface area contributed by atoms with Crippen LogP contribution in [0.2, 0.25) is 0 Å². The zero-order valence-electron chi connectivity index (χ0n) is 8.55. The topological polar surface area (TPSA) is 15.3 Å². The number of nitrogens with zero attached hydrogens (tertiary/aromatic N) is 1. The van der Waals surface area contributed by atoms with Gasteiger partial charge in [0.05, 0.1) is 11.4 Å². The van der Waals surface area contributed by atoms with Crippen LogP contribution < -0.4 is 10.2 Å². The van der Waals surface area contributed by atoms with Gasteiger partial charge in [0.2, 0.25) is 0 Å². The van der Waals surface area contributed by atoms with Gasteiger partial charge in [-0.1, -0.05) is 13.0 Å². The first kappa shape index (κ1) is 9.31. The number of rotatable bonds is 1. The Bertz CT molecular complexity index is 338. The molecule has 0 radical (unpaired) electrons. The average molecular weight is 194 g/mol. The lowest BCUT2D eigenvalue weighted by Gasteiger charge is -2.36. The van der Waals surface area contributed by atoms with Crippen molar-refractivity contribution in [3.63, 3.8) is 0 Å². The Labute approximate surface area is 83.7 Å². The van der Waals surface area contributed by atoms with Crippen molar-refractivity contribution in [2.45, 2.75) is 19.4 Å². The third-order valence-electron chi connectivity index (χ3n) is 2.89. The molecule has 0 spiro atoms. The van der Waals surface area contributed by atoms with E-state index in [4.69, 9.17) is 0 Å². The van der Waals surface area contributed by atoms with E-state index in [0.717, 1.165) is 18.7 Å². The number of halogens is 1. The number of fused-ring (bicyclic) bond motifs is 1. The van der Waals surface area contributed by atoms with Gasteiger partial charge < -0.3 is 10.2 Å². The molecule has 0 aliphatic carbocycles. The molecule has 1 atom stereocenters. The maximum absolute atomic E-state index is 13.5. The van der Waals surface area contributed by atoms with E-state index in [-0.39, 0.29) is 5.82 Å². The molecule has 1 unspecified atom stereocenters. The molecule has 0 bridgehead atoms. The van der Waals surface area contributed by atoms with Crippen LogP contribution in [-0.4, -0.2) is 19.6 Å². The van der Waals surface area contributed by atoms with Crippen molar-refractivity contribution in [1.82, 2.24) is 0 Å². The highest BCUT2D eigenvalue weighted by atomic mass is 19.1. The second kappa shape index (κ2) is 3.48. The van der Waals surface area contributed by atoms with Gasteiger partial charge >= 0.3 is 0 Å². The highest BCUT2D eigenvalue weighted by Crippen LogP contribution is 2.33. The standard InChI is InChI=1S/C11H15FN2/c1-3-8-7-13-10-6-4-5-9(12)11(10)14(8)2/h4-6,8,13H,3,7H2,1-2H3. The van der Waals surface area contributed by atoms with Crippen LogP contribution in [0.4, 0.5) is 15.8 Å². The molecule has 2 nitrogen and oxygen atoms in total. The molecule has 2 rings (SSSR count). The minimum absolute atomic E-state index is 0.143. The Hall–Kier alpha value is -1.25. The van der Waals surface area contributed by atoms with Crippen molar-refractivity contribution in [3.05, 3.63) is 24.0 Å². The minimum Gasteiger partial charge on any atom is -0.381 e. The summed E-state index contributed by atoms with van der Waals surface area (Å²) in [4.78, 5) is 2.03. The minimum atomic E-state index is -0.143. The second-order valence-corrected chi connectivity index (χ2v) is 3.69. The molecule has 14 heavy (non-hydrogen) atoms. The summed E-state index contributed by atoms with van der Waals surface area (Å²) in [6.07, 6.45) is 1.03. The first-order valence-corrected chi connectivity index (χ1v) is 4.99. The molecule has 76 valence electrons. The number of nitrogens with one attached hydrogen (secondary N) is 1. The number of benzene rings is 1. The number of likely N-dealkylation sites (N-methyl/N-ethyl adjacent to an activating group) is 1. The molecule has 1 aromatic carbocycles. The summed E-state index contributed by atoms with van der Waals surface area (Å²) in [5, 5.41) is 3.25. The van der Waals surface area contributed by atoms with Gasteiger partial charge in [0.15, 0.2) is 0 Å². The van der Waals surface area contributed by atoms with E-state index in [1.807, 2.05) is 18.0 Å². The molecular weight excluding hydrogens is 179 g/mol. The molecule has 1 aliphatic rings. The summed E-state index contributed by atoms with van der Waals surface area (Å²) in [5.74, 6) is -0.143. The summed E-state index contributed by atoms with van der Waals surface area (Å²) in [6.45, 7) is 3.01. The van der Waals surface area contributed by atoms with Crippen molar-refractivity contribution in [3.8, 4) is 0 Å². The normalized spacial score (nSPS) is 20.2. The van der Waals surface area contributed by atoms with Crippen LogP contribution in [0.3, 0.4) is 0 Å². The van der Waals surface area contributed by atoms with Crippen LogP contribution in [0, 0.1) is 5.82 Å². The highest BCUT2D eigenvalue weighted by molar-refractivity contribution is 5.73. The number of para-hydroxylation sites is 1. The maximum atomic E-state index is 13.5. The largest absolute Gasteiger partial charge is 0.381 e. The van der Waals surface area contributed by atoms with Gasteiger partial charge in [0, 0.05) is 19.6 Å². The first-order valence-electron chi connectivity index (χ1n) is 4.99. The fourth-order valence-electron chi connectivity index (χ4n) is 1.98. The lowest BCUT2D eigenvalue weighted by atomic mass is 10.1. The Balaban J connectivity index is 2.43. The SMILES string of the molecule is CCC1CNc2cccc(F)c2N1C. The summed E-state index contributed by atoms with van der Waals surface area (Å²) in [5.41, 5.74) is 1.60. The van der Waals surface area contributed by atoms with Gasteiger partial charge in [0.1, 0.15) is 5.82 Å². The monoisotopic (exact) mass is 194 g/mol. The van der Waals surface area contributed by atoms with E-state index in [9.17, 15) is 4.39 Å². The van der Waals surface area contributed by atoms with E-state index in [1.165, 1.54) is 6.07 Å². The van der Waals surface area contributed by atoms with Crippen molar-refractivity contribution < 1.29 is 4.39 Å². The smallest absolute Gasteiger partial charge is 0.148 e. The van der Waals surface area contributed by atoms with E-state index in [1.54, 1.807) is 6.07 Å². The van der Waals surface area contributed by atoms with E-state index in [2.05, 4.69) is 12.2 Å². The lowest BCUT2D eigenvalue weighted by Crippen LogP contribution is -2.41. The zero-order chi connectivity index (χ0) is 10.1. The molecule has 0 fully saturated rings. The predicted octanol–water partition coefficient (Wildman–Crippen LogP) is 2.47. The van der Waals surface area contributed by atoms with Gasteiger partial charge in [-0.15, -0.1) is 0 Å². The summed E-state index contributed by atoms with van der Waals surface area (Å²) in [6, 6.07) is 5.55. The third kappa shape index (κ3) is 1.33. The van der Waals surface area contributed by atoms with Crippen LogP contribution in [0.1, 0.15) is 13.3 Å². The molecule has 0 saturated carbocycles. The van der Waals surface area contributed by atoms with Crippen molar-refractivity contribution >= 4 is 11.4 Å². The molecule has 0 amide bonds. The molecule has 1 heterocycles. The summed E-state index contributed by atoms with van der Waals surface area (Å²) in [7, 11) is 1.96. The molecule has 0 aromatic heterocycles. The number of anilines is 2. The fourth-order valence-corrected chi connectivity index (χ4v) is 1.98. The van der Waals surface area contributed by atoms with Gasteiger partial charge in [-0.05, 0) is 18.6 Å². The third-order valence-corrected chi connectivity index (χ3v) is 2.89. The van der Waals surface area contributed by atoms with Gasteiger partial charge in [-0.2, -0.15) is 0 Å². The maximum Gasteiger partial charge on any atom is 0.148 e. The molecule has 1 aliphatic heterocycles. The van der Waals surface area contributed by atoms with Gasteiger partial charge in [-0.3, -0.25) is 0 Å². The number of hydrogen-bond acceptors (Lipinski definition) is 2. The average Bonchev–Trinajstić information content (AvgIpc) is 2.18. The van der Waals surface area contributed by atoms with Crippen molar-refractivity contribution in [1.29, 1.82) is 0 Å². The molecule has 1 N–H and O–H groups in total. The van der Waals surface area contributed by atoms with E-state index >= 15 is 0 Å². The Morgan fingerprint density at radius 1 is 1.57 bits per heavy atom. The Kier molecular flexibility index (Phi) is 2.32. The van der Waals surface area contributed by atoms with Crippen LogP contribution in [-0.2, 0) is 0 Å². The zero-order valence-corrected chi connectivity index (χ0v) is 8.55. The van der Waals surface area contributed by atoms with E-state index < -0.39 is 0 Å². The summed E-state index contributed by atoms with van der Waals surface area (Å²) < 4.78 is 13.5. The van der Waals surface area contributed by atoms with Crippen LogP contribution in [0.15, 0.2) is 18.2 Å². The number of hydrogen-bond donors (Lipinski definition) is 1. The molecule has 0 saturated heterocycles.